The number of hydrogen-bond donors (Lipinski definition) is 1. The molecule has 0 aliphatic heterocycles. The fourth-order valence-electron chi connectivity index (χ4n) is 11.2. The fourth-order valence-corrected chi connectivity index (χ4v) is 13.7. The van der Waals surface area contributed by atoms with Crippen LogP contribution >= 0.6 is 0 Å². The molecule has 0 aromatic heterocycles. The molecule has 6 heteroatoms. The van der Waals surface area contributed by atoms with Crippen LogP contribution in [0.3, 0.4) is 0 Å². The molecular formula is C37H59F3O2Si. The highest BCUT2D eigenvalue weighted by atomic mass is 28.4. The summed E-state index contributed by atoms with van der Waals surface area (Å²) in [5, 5.41) is 12.1. The summed E-state index contributed by atoms with van der Waals surface area (Å²) in [6, 6.07) is 9.50. The van der Waals surface area contributed by atoms with Crippen LogP contribution in [0.5, 0.6) is 0 Å². The lowest BCUT2D eigenvalue weighted by atomic mass is 9.46. The summed E-state index contributed by atoms with van der Waals surface area (Å²) in [4.78, 5) is 0. The van der Waals surface area contributed by atoms with Crippen molar-refractivity contribution in [1.82, 2.24) is 0 Å². The first kappa shape index (κ1) is 33.5. The van der Waals surface area contributed by atoms with Crippen LogP contribution in [0, 0.1) is 46.3 Å². The number of hydrogen-bond acceptors (Lipinski definition) is 2. The summed E-state index contributed by atoms with van der Waals surface area (Å²) >= 11 is 0. The Morgan fingerprint density at radius 3 is 2.23 bits per heavy atom. The summed E-state index contributed by atoms with van der Waals surface area (Å²) in [5.74, 6) is 3.57. The molecule has 4 fully saturated rings. The second-order valence-corrected chi connectivity index (χ2v) is 20.5. The molecule has 0 heterocycles. The van der Waals surface area contributed by atoms with Gasteiger partial charge in [0.05, 0.1) is 5.60 Å². The molecule has 0 bridgehead atoms. The van der Waals surface area contributed by atoms with Crippen LogP contribution in [0.2, 0.25) is 13.1 Å². The monoisotopic (exact) mass is 620 g/mol. The molecule has 1 aromatic carbocycles. The van der Waals surface area contributed by atoms with Gasteiger partial charge < -0.3 is 9.53 Å². The smallest absolute Gasteiger partial charge is 0.399 e. The number of benzene rings is 1. The zero-order chi connectivity index (χ0) is 31.5. The zero-order valence-electron chi connectivity index (χ0n) is 28.0. The molecule has 1 aromatic rings. The van der Waals surface area contributed by atoms with Crippen molar-refractivity contribution in [2.75, 3.05) is 0 Å². The van der Waals surface area contributed by atoms with E-state index in [1.165, 1.54) is 39.0 Å². The van der Waals surface area contributed by atoms with Crippen LogP contribution in [0.4, 0.5) is 13.2 Å². The molecule has 0 spiro atoms. The van der Waals surface area contributed by atoms with Gasteiger partial charge >= 0.3 is 6.18 Å². The van der Waals surface area contributed by atoms with Gasteiger partial charge in [0.15, 0.2) is 0 Å². The summed E-state index contributed by atoms with van der Waals surface area (Å²) in [6.45, 7) is 14.5. The Morgan fingerprint density at radius 2 is 1.58 bits per heavy atom. The van der Waals surface area contributed by atoms with Crippen molar-refractivity contribution in [2.45, 2.75) is 149 Å². The Hall–Kier alpha value is -0.853. The average molecular weight is 621 g/mol. The highest BCUT2D eigenvalue weighted by Gasteiger charge is 2.61. The maximum absolute atomic E-state index is 14.7. The molecule has 4 saturated carbocycles. The minimum absolute atomic E-state index is 0.0182. The van der Waals surface area contributed by atoms with Crippen molar-refractivity contribution in [3.63, 3.8) is 0 Å². The normalized spacial score (nSPS) is 40.5. The third-order valence-corrected chi connectivity index (χ3v) is 16.9. The van der Waals surface area contributed by atoms with Crippen molar-refractivity contribution < 1.29 is 22.7 Å². The fraction of sp³-hybridized carbons (Fsp3) is 0.838. The zero-order valence-corrected chi connectivity index (χ0v) is 29.0. The van der Waals surface area contributed by atoms with Gasteiger partial charge in [-0.25, -0.2) is 0 Å². The van der Waals surface area contributed by atoms with E-state index in [-0.39, 0.29) is 17.8 Å². The SMILES string of the molecule is CC[C@]1(O)CC[C@@H]2CC[C@@H]3[C@H](CC[C@]4(C)[C@@H]([C@H](C)CC[C@@](C)(O[Si](C)(C)c5ccccc5)C(F)(F)F)CC[C@@H]34)[C@@]2(C)CC1. The highest BCUT2D eigenvalue weighted by molar-refractivity contribution is 6.84. The highest BCUT2D eigenvalue weighted by Crippen LogP contribution is 2.68. The van der Waals surface area contributed by atoms with E-state index < -0.39 is 25.7 Å². The Bertz CT molecular complexity index is 1110. The maximum atomic E-state index is 14.7. The van der Waals surface area contributed by atoms with E-state index in [0.29, 0.717) is 23.7 Å². The molecule has 0 saturated heterocycles. The predicted molar refractivity (Wildman–Crippen MR) is 173 cm³/mol. The van der Waals surface area contributed by atoms with Crippen molar-refractivity contribution in [1.29, 1.82) is 0 Å². The molecule has 10 atom stereocenters. The first-order valence-electron chi connectivity index (χ1n) is 17.5. The molecule has 0 radical (unpaired) electrons. The largest absolute Gasteiger partial charge is 0.416 e. The molecule has 2 nitrogen and oxygen atoms in total. The molecule has 1 N–H and O–H groups in total. The van der Waals surface area contributed by atoms with Crippen LogP contribution in [-0.2, 0) is 4.43 Å². The van der Waals surface area contributed by atoms with Crippen molar-refractivity contribution in [2.24, 2.45) is 46.3 Å². The van der Waals surface area contributed by atoms with Gasteiger partial charge in [-0.15, -0.1) is 0 Å². The quantitative estimate of drug-likeness (QED) is 0.293. The molecule has 0 amide bonds. The van der Waals surface area contributed by atoms with Gasteiger partial charge in [-0.2, -0.15) is 13.2 Å². The third-order valence-electron chi connectivity index (χ3n) is 14.2. The van der Waals surface area contributed by atoms with E-state index in [1.54, 1.807) is 0 Å². The van der Waals surface area contributed by atoms with Gasteiger partial charge in [0.2, 0.25) is 8.32 Å². The molecule has 244 valence electrons. The maximum Gasteiger partial charge on any atom is 0.416 e. The molecule has 4 aliphatic carbocycles. The summed E-state index contributed by atoms with van der Waals surface area (Å²) in [6.07, 6.45) is 8.62. The second-order valence-electron chi connectivity index (χ2n) is 16.7. The third kappa shape index (κ3) is 6.04. The molecule has 4 aliphatic rings. The van der Waals surface area contributed by atoms with Crippen LogP contribution in [0.25, 0.3) is 0 Å². The molecular weight excluding hydrogens is 561 g/mol. The van der Waals surface area contributed by atoms with Crippen LogP contribution in [0.15, 0.2) is 30.3 Å². The van der Waals surface area contributed by atoms with E-state index in [1.807, 2.05) is 43.4 Å². The lowest BCUT2D eigenvalue weighted by molar-refractivity contribution is -0.248. The Morgan fingerprint density at radius 1 is 0.907 bits per heavy atom. The minimum atomic E-state index is -4.41. The number of rotatable bonds is 8. The van der Waals surface area contributed by atoms with Gasteiger partial charge in [-0.05, 0) is 155 Å². The topological polar surface area (TPSA) is 29.5 Å². The Labute approximate surface area is 261 Å². The van der Waals surface area contributed by atoms with Crippen LogP contribution < -0.4 is 5.19 Å². The number of aliphatic hydroxyl groups is 1. The summed E-state index contributed by atoms with van der Waals surface area (Å²) in [5.41, 5.74) is -2.10. The van der Waals surface area contributed by atoms with Crippen LogP contribution in [0.1, 0.15) is 118 Å². The lowest BCUT2D eigenvalue weighted by Crippen LogP contribution is -2.57. The standard InChI is InChI=1S/C37H59F3O2Si/c1-8-36(41)23-19-27-14-15-29-31-17-16-30(34(31,4)21-20-32(29)33(27,3)24-25-36)26(2)18-22-35(5,37(38,39)40)42-43(6,7)28-12-10-9-11-13-28/h9-13,26-27,29-32,41H,8,14-25H2,1-7H3/t26-,27+,29+,30-,31+,32+,33+,34-,35-,36+/m1/s1. The first-order chi connectivity index (χ1) is 20.0. The first-order valence-corrected chi connectivity index (χ1v) is 20.4. The van der Waals surface area contributed by atoms with Gasteiger partial charge in [-0.3, -0.25) is 0 Å². The average Bonchev–Trinajstić information content (AvgIpc) is 3.24. The van der Waals surface area contributed by atoms with Crippen molar-refractivity contribution >= 4 is 13.5 Å². The van der Waals surface area contributed by atoms with Crippen LogP contribution in [-0.4, -0.2) is 30.8 Å². The van der Waals surface area contributed by atoms with Crippen molar-refractivity contribution in [3.05, 3.63) is 30.3 Å². The molecule has 5 rings (SSSR count). The Balaban J connectivity index is 1.28. The van der Waals surface area contributed by atoms with Gasteiger partial charge in [0.1, 0.15) is 5.60 Å². The predicted octanol–water partition coefficient (Wildman–Crippen LogP) is 10.0. The molecule has 0 unspecified atom stereocenters. The Kier molecular flexibility index (Phi) is 9.15. The van der Waals surface area contributed by atoms with Gasteiger partial charge in [-0.1, -0.05) is 58.0 Å². The minimum Gasteiger partial charge on any atom is -0.399 e. The number of halogens is 3. The lowest BCUT2D eigenvalue weighted by Gasteiger charge is -2.59. The van der Waals surface area contributed by atoms with Gasteiger partial charge in [0.25, 0.3) is 0 Å². The summed E-state index contributed by atoms with van der Waals surface area (Å²) < 4.78 is 50.2. The second kappa shape index (κ2) is 11.7. The summed E-state index contributed by atoms with van der Waals surface area (Å²) in [7, 11) is -2.76. The van der Waals surface area contributed by atoms with E-state index in [9.17, 15) is 18.3 Å². The van der Waals surface area contributed by atoms with Gasteiger partial charge in [0, 0.05) is 0 Å². The van der Waals surface area contributed by atoms with E-state index >= 15 is 0 Å². The van der Waals surface area contributed by atoms with E-state index in [2.05, 4.69) is 27.7 Å². The van der Waals surface area contributed by atoms with E-state index in [4.69, 9.17) is 4.43 Å². The van der Waals surface area contributed by atoms with E-state index in [0.717, 1.165) is 61.5 Å². The van der Waals surface area contributed by atoms with Crippen molar-refractivity contribution in [3.8, 4) is 0 Å². The molecule has 43 heavy (non-hydrogen) atoms. The number of alkyl halides is 3. The number of fused-ring (bicyclic) bond motifs is 5.